The molecule has 0 saturated heterocycles. The SMILES string of the molecule is CCCCCCCCCCCCOc1cc(/C=C/[Si](C)(C)O[Si](C)(C)/C=C/c2cc(OCCCCCCCCCCCC)c(OCCCCCCCCCCCC)c(OCCCCCCCCCCCC)c2)cc(OCCCCCCCCCCCC)c1OCCCCCCCCCCCC. The summed E-state index contributed by atoms with van der Waals surface area (Å²) in [5.41, 5.74) is 6.93. The van der Waals surface area contributed by atoms with Crippen LogP contribution in [-0.4, -0.2) is 56.3 Å². The first-order valence-electron chi connectivity index (χ1n) is 44.7. The summed E-state index contributed by atoms with van der Waals surface area (Å²) in [6.07, 6.45) is 82.6. The third-order valence-corrected chi connectivity index (χ3v) is 26.6. The fourth-order valence-corrected chi connectivity index (χ4v) is 21.2. The van der Waals surface area contributed by atoms with Crippen LogP contribution in [0, 0.1) is 0 Å². The normalized spacial score (nSPS) is 12.1. The van der Waals surface area contributed by atoms with Gasteiger partial charge in [0.15, 0.2) is 39.6 Å². The van der Waals surface area contributed by atoms with Gasteiger partial charge in [0.05, 0.1) is 39.6 Å². The second-order valence-corrected chi connectivity index (χ2v) is 39.7. The van der Waals surface area contributed by atoms with Crippen LogP contribution in [0.1, 0.15) is 438 Å². The standard InChI is InChI=1S/C92H170O7Si2/c1-11-17-23-29-35-41-47-53-59-65-73-93-87-81-85(82-88(94-74-66-60-54-48-42-36-30-24-18-12-2)91(87)97-77-69-63-57-51-45-39-33-27-21-15-5)71-79-100(7,8)99-101(9,10)80-72-86-83-89(95-75-67-61-55-49-43-37-31-25-19-13-3)92(98-78-70-64-58-52-46-40-34-28-22-16-6)90(84-86)96-76-68-62-56-50-44-38-32-26-20-14-4/h71-72,79-84H,11-70,73-78H2,1-10H3/b79-71+,80-72+. The van der Waals surface area contributed by atoms with Crippen molar-refractivity contribution in [1.29, 1.82) is 0 Å². The van der Waals surface area contributed by atoms with Crippen LogP contribution < -0.4 is 28.4 Å². The van der Waals surface area contributed by atoms with Gasteiger partial charge in [-0.3, -0.25) is 0 Å². The number of unbranched alkanes of at least 4 members (excludes halogenated alkanes) is 54. The van der Waals surface area contributed by atoms with E-state index in [0.717, 1.165) is 84.1 Å². The summed E-state index contributed by atoms with van der Waals surface area (Å²) in [6, 6.07) is 8.88. The van der Waals surface area contributed by atoms with Gasteiger partial charge in [0, 0.05) is 0 Å². The molecule has 0 heterocycles. The second-order valence-electron chi connectivity index (χ2n) is 31.9. The van der Waals surface area contributed by atoms with Crippen LogP contribution in [-0.2, 0) is 4.12 Å². The Kier molecular flexibility index (Phi) is 64.3. The highest BCUT2D eigenvalue weighted by Crippen LogP contribution is 2.42. The van der Waals surface area contributed by atoms with E-state index in [1.54, 1.807) is 0 Å². The van der Waals surface area contributed by atoms with E-state index >= 15 is 0 Å². The monoisotopic (exact) mass is 1440 g/mol. The first-order chi connectivity index (χ1) is 49.5. The molecule has 2 rings (SSSR count). The maximum atomic E-state index is 7.39. The van der Waals surface area contributed by atoms with E-state index in [2.05, 4.69) is 116 Å². The van der Waals surface area contributed by atoms with Gasteiger partial charge in [-0.25, -0.2) is 0 Å². The fraction of sp³-hybridized carbons (Fsp3) is 0.826. The highest BCUT2D eigenvalue weighted by molar-refractivity contribution is 6.90. The van der Waals surface area contributed by atoms with E-state index in [4.69, 9.17) is 32.5 Å². The minimum atomic E-state index is -2.38. The summed E-state index contributed by atoms with van der Waals surface area (Å²) in [4.78, 5) is 0. The molecule has 0 N–H and O–H groups in total. The molecule has 0 radical (unpaired) electrons. The van der Waals surface area contributed by atoms with Gasteiger partial charge in [-0.05, 0) is 100 Å². The lowest BCUT2D eigenvalue weighted by Crippen LogP contribution is -2.42. The summed E-state index contributed by atoms with van der Waals surface area (Å²) in [6.45, 7) is 27.3. The molecule has 7 nitrogen and oxygen atoms in total. The highest BCUT2D eigenvalue weighted by atomic mass is 28.4. The van der Waals surface area contributed by atoms with Gasteiger partial charge in [0.1, 0.15) is 0 Å². The summed E-state index contributed by atoms with van der Waals surface area (Å²) in [5.74, 6) is 4.86. The van der Waals surface area contributed by atoms with Gasteiger partial charge in [-0.1, -0.05) is 412 Å². The molecule has 2 aromatic carbocycles. The first kappa shape index (κ1) is 94.2. The van der Waals surface area contributed by atoms with E-state index in [9.17, 15) is 0 Å². The van der Waals surface area contributed by atoms with Crippen molar-refractivity contribution in [2.45, 2.75) is 453 Å². The van der Waals surface area contributed by atoms with Crippen LogP contribution >= 0.6 is 0 Å². The summed E-state index contributed by atoms with van der Waals surface area (Å²) in [5, 5.41) is 0. The maximum Gasteiger partial charge on any atom is 0.203 e. The molecule has 0 atom stereocenters. The number of benzene rings is 2. The molecule has 0 unspecified atom stereocenters. The largest absolute Gasteiger partial charge is 0.490 e. The Bertz CT molecular complexity index is 1930. The molecule has 9 heteroatoms. The molecule has 0 aromatic heterocycles. The van der Waals surface area contributed by atoms with Crippen LogP contribution in [0.25, 0.3) is 12.2 Å². The molecule has 0 aliphatic rings. The van der Waals surface area contributed by atoms with E-state index in [1.165, 1.54) is 347 Å². The third kappa shape index (κ3) is 56.1. The van der Waals surface area contributed by atoms with Crippen molar-refractivity contribution < 1.29 is 32.5 Å². The first-order valence-corrected chi connectivity index (χ1v) is 50.7. The molecule has 0 saturated carbocycles. The fourth-order valence-electron chi connectivity index (χ4n) is 14.1. The predicted molar refractivity (Wildman–Crippen MR) is 451 cm³/mol. The molecule has 0 bridgehead atoms. The van der Waals surface area contributed by atoms with E-state index in [-0.39, 0.29) is 0 Å². The third-order valence-electron chi connectivity index (χ3n) is 20.5. The Hall–Kier alpha value is -2.89. The van der Waals surface area contributed by atoms with Gasteiger partial charge >= 0.3 is 0 Å². The predicted octanol–water partition coefficient (Wildman–Crippen LogP) is 31.7. The summed E-state index contributed by atoms with van der Waals surface area (Å²) >= 11 is 0. The number of hydrogen-bond acceptors (Lipinski definition) is 7. The van der Waals surface area contributed by atoms with Crippen LogP contribution in [0.3, 0.4) is 0 Å². The molecule has 0 aliphatic heterocycles. The minimum absolute atomic E-state index is 0.675. The minimum Gasteiger partial charge on any atom is -0.490 e. The van der Waals surface area contributed by atoms with Crippen LogP contribution in [0.15, 0.2) is 35.7 Å². The topological polar surface area (TPSA) is 64.6 Å². The number of hydrogen-bond donors (Lipinski definition) is 0. The Morgan fingerprint density at radius 3 is 0.525 bits per heavy atom. The van der Waals surface area contributed by atoms with Gasteiger partial charge in [0.25, 0.3) is 0 Å². The second kappa shape index (κ2) is 68.9. The van der Waals surface area contributed by atoms with Crippen molar-refractivity contribution in [2.75, 3.05) is 39.6 Å². The van der Waals surface area contributed by atoms with E-state index < -0.39 is 16.6 Å². The average Bonchev–Trinajstić information content (AvgIpc) is 0.829. The van der Waals surface area contributed by atoms with Crippen molar-refractivity contribution in [3.8, 4) is 34.5 Å². The number of rotatable bonds is 78. The zero-order valence-corrected chi connectivity index (χ0v) is 71.1. The quantitative estimate of drug-likeness (QED) is 0.0483. The number of ether oxygens (including phenoxy) is 6. The van der Waals surface area contributed by atoms with Gasteiger partial charge in [0.2, 0.25) is 11.5 Å². The molecular weight excluding hydrogens is 1270 g/mol. The Balaban J connectivity index is 2.48. The van der Waals surface area contributed by atoms with Crippen LogP contribution in [0.4, 0.5) is 0 Å². The molecular formula is C92H170O7Si2. The van der Waals surface area contributed by atoms with Crippen molar-refractivity contribution in [3.63, 3.8) is 0 Å². The molecule has 2 aromatic rings. The van der Waals surface area contributed by atoms with Crippen molar-refractivity contribution in [1.82, 2.24) is 0 Å². The maximum absolute atomic E-state index is 7.39. The summed E-state index contributed by atoms with van der Waals surface area (Å²) < 4.78 is 48.4. The van der Waals surface area contributed by atoms with Gasteiger partial charge in [-0.15, -0.1) is 0 Å². The van der Waals surface area contributed by atoms with Crippen molar-refractivity contribution in [2.24, 2.45) is 0 Å². The molecule has 588 valence electrons. The average molecular weight is 1440 g/mol. The zero-order chi connectivity index (χ0) is 72.9. The van der Waals surface area contributed by atoms with Gasteiger partial charge in [-0.2, -0.15) is 0 Å². The molecule has 0 fully saturated rings. The van der Waals surface area contributed by atoms with Gasteiger partial charge < -0.3 is 32.5 Å². The summed E-state index contributed by atoms with van der Waals surface area (Å²) in [7, 11) is -4.75. The van der Waals surface area contributed by atoms with E-state index in [0.29, 0.717) is 39.6 Å². The molecule has 0 amide bonds. The lowest BCUT2D eigenvalue weighted by molar-refractivity contribution is 0.234. The Morgan fingerprint density at radius 2 is 0.356 bits per heavy atom. The highest BCUT2D eigenvalue weighted by Gasteiger charge is 2.30. The molecule has 0 spiro atoms. The lowest BCUT2D eigenvalue weighted by atomic mass is 10.1. The molecule has 101 heavy (non-hydrogen) atoms. The Morgan fingerprint density at radius 1 is 0.208 bits per heavy atom. The van der Waals surface area contributed by atoms with E-state index in [1.807, 2.05) is 0 Å². The van der Waals surface area contributed by atoms with Crippen molar-refractivity contribution >= 4 is 28.8 Å². The smallest absolute Gasteiger partial charge is 0.203 e. The Labute approximate surface area is 631 Å². The van der Waals surface area contributed by atoms with Crippen molar-refractivity contribution in [3.05, 3.63) is 46.8 Å². The zero-order valence-electron chi connectivity index (χ0n) is 69.1. The van der Waals surface area contributed by atoms with Crippen LogP contribution in [0.2, 0.25) is 26.2 Å². The lowest BCUT2D eigenvalue weighted by Gasteiger charge is -2.30. The molecule has 0 aliphatic carbocycles. The van der Waals surface area contributed by atoms with Crippen LogP contribution in [0.5, 0.6) is 34.5 Å².